The Morgan fingerprint density at radius 2 is 1.86 bits per heavy atom. The molecule has 0 fully saturated rings. The maximum absolute atomic E-state index is 12.9. The third kappa shape index (κ3) is 2.31. The molecule has 0 N–H and O–H groups in total. The van der Waals surface area contributed by atoms with Crippen molar-refractivity contribution in [2.45, 2.75) is 11.1 Å². The van der Waals surface area contributed by atoms with E-state index in [0.717, 1.165) is 6.07 Å². The molecule has 78 valence electrons. The van der Waals surface area contributed by atoms with Crippen LogP contribution in [-0.2, 0) is 17.0 Å². The minimum Gasteiger partial charge on any atom is -0.255 e. The summed E-state index contributed by atoms with van der Waals surface area (Å²) in [7, 11) is -1.48. The summed E-state index contributed by atoms with van der Waals surface area (Å²) < 4.78 is 59.9. The first-order valence-electron chi connectivity index (χ1n) is 3.52. The van der Waals surface area contributed by atoms with Crippen molar-refractivity contribution in [3.63, 3.8) is 0 Å². The molecule has 1 nitrogen and oxygen atoms in total. The first-order chi connectivity index (χ1) is 6.32. The number of benzene rings is 1. The van der Waals surface area contributed by atoms with Gasteiger partial charge >= 0.3 is 6.18 Å². The van der Waals surface area contributed by atoms with Crippen LogP contribution in [0.3, 0.4) is 0 Å². The topological polar surface area (TPSA) is 17.1 Å². The lowest BCUT2D eigenvalue weighted by molar-refractivity contribution is -0.140. The highest BCUT2D eigenvalue weighted by Crippen LogP contribution is 2.31. The standard InChI is InChI=1S/C8H6F4OS/c1-14(13)5-2-3-6(7(9)4-5)8(10,11)12/h2-4H,1H3. The second-order valence-corrected chi connectivity index (χ2v) is 3.97. The van der Waals surface area contributed by atoms with E-state index in [4.69, 9.17) is 0 Å². The van der Waals surface area contributed by atoms with E-state index in [1.807, 2.05) is 0 Å². The molecule has 6 heteroatoms. The van der Waals surface area contributed by atoms with Crippen LogP contribution in [0.25, 0.3) is 0 Å². The van der Waals surface area contributed by atoms with Crippen LogP contribution in [0, 0.1) is 5.82 Å². The van der Waals surface area contributed by atoms with E-state index >= 15 is 0 Å². The number of hydrogen-bond acceptors (Lipinski definition) is 1. The Bertz CT molecular complexity index is 372. The Hall–Kier alpha value is -0.910. The fourth-order valence-corrected chi connectivity index (χ4v) is 1.43. The van der Waals surface area contributed by atoms with Crippen LogP contribution in [0.4, 0.5) is 17.6 Å². The smallest absolute Gasteiger partial charge is 0.255 e. The average molecular weight is 226 g/mol. The van der Waals surface area contributed by atoms with Gasteiger partial charge in [0.1, 0.15) is 5.82 Å². The first kappa shape index (κ1) is 11.2. The summed E-state index contributed by atoms with van der Waals surface area (Å²) in [6.07, 6.45) is -3.44. The Morgan fingerprint density at radius 3 is 2.21 bits per heavy atom. The third-order valence-corrected chi connectivity index (χ3v) is 2.50. The highest BCUT2D eigenvalue weighted by molar-refractivity contribution is 7.84. The van der Waals surface area contributed by atoms with Crippen LogP contribution in [0.2, 0.25) is 0 Å². The quantitative estimate of drug-likeness (QED) is 0.672. The summed E-state index contributed by atoms with van der Waals surface area (Å²) >= 11 is 0. The second kappa shape index (κ2) is 3.68. The van der Waals surface area contributed by atoms with Gasteiger partial charge in [-0.1, -0.05) is 0 Å². The summed E-state index contributed by atoms with van der Waals surface area (Å²) in [6, 6.07) is 2.23. The van der Waals surface area contributed by atoms with Crippen LogP contribution in [0.5, 0.6) is 0 Å². The van der Waals surface area contributed by atoms with E-state index < -0.39 is 28.4 Å². The highest BCUT2D eigenvalue weighted by Gasteiger charge is 2.33. The maximum Gasteiger partial charge on any atom is 0.419 e. The van der Waals surface area contributed by atoms with Crippen molar-refractivity contribution in [3.8, 4) is 0 Å². The predicted octanol–water partition coefficient (Wildman–Crippen LogP) is 2.58. The van der Waals surface area contributed by atoms with Gasteiger partial charge in [-0.3, -0.25) is 4.21 Å². The second-order valence-electron chi connectivity index (χ2n) is 2.59. The third-order valence-electron chi connectivity index (χ3n) is 1.58. The summed E-state index contributed by atoms with van der Waals surface area (Å²) in [5.41, 5.74) is -1.34. The van der Waals surface area contributed by atoms with E-state index in [0.29, 0.717) is 12.1 Å². The molecule has 0 radical (unpaired) electrons. The van der Waals surface area contributed by atoms with Crippen molar-refractivity contribution in [1.82, 2.24) is 0 Å². The lowest BCUT2D eigenvalue weighted by Crippen LogP contribution is -2.08. The Kier molecular flexibility index (Phi) is 2.94. The van der Waals surface area contributed by atoms with E-state index in [2.05, 4.69) is 0 Å². The molecule has 0 heterocycles. The fourth-order valence-electron chi connectivity index (χ4n) is 0.905. The van der Waals surface area contributed by atoms with Gasteiger partial charge in [0.15, 0.2) is 0 Å². The molecule has 0 aliphatic heterocycles. The molecule has 0 spiro atoms. The Balaban J connectivity index is 3.21. The first-order valence-corrected chi connectivity index (χ1v) is 5.08. The van der Waals surface area contributed by atoms with E-state index in [1.54, 1.807) is 0 Å². The number of halogens is 4. The molecule has 1 aromatic carbocycles. The van der Waals surface area contributed by atoms with Crippen LogP contribution < -0.4 is 0 Å². The lowest BCUT2D eigenvalue weighted by Gasteiger charge is -2.08. The van der Waals surface area contributed by atoms with Crippen molar-refractivity contribution >= 4 is 10.8 Å². The molecule has 0 saturated carbocycles. The minimum absolute atomic E-state index is 0.0375. The molecular weight excluding hydrogens is 220 g/mol. The molecule has 0 aliphatic rings. The van der Waals surface area contributed by atoms with Gasteiger partial charge in [-0.2, -0.15) is 13.2 Å². The summed E-state index contributed by atoms with van der Waals surface area (Å²) in [4.78, 5) is 0.0375. The molecule has 0 saturated heterocycles. The van der Waals surface area contributed by atoms with Crippen molar-refractivity contribution < 1.29 is 21.8 Å². The van der Waals surface area contributed by atoms with E-state index in [9.17, 15) is 21.8 Å². The SMILES string of the molecule is CS(=O)c1ccc(C(F)(F)F)c(F)c1. The molecule has 14 heavy (non-hydrogen) atoms. The van der Waals surface area contributed by atoms with Crippen LogP contribution >= 0.6 is 0 Å². The summed E-state index contributed by atoms with van der Waals surface area (Å²) in [6.45, 7) is 0. The summed E-state index contributed by atoms with van der Waals surface area (Å²) in [5, 5.41) is 0. The van der Waals surface area contributed by atoms with Gasteiger partial charge in [0, 0.05) is 22.0 Å². The van der Waals surface area contributed by atoms with E-state index in [1.165, 1.54) is 6.26 Å². The Morgan fingerprint density at radius 1 is 1.29 bits per heavy atom. The molecule has 0 aliphatic carbocycles. The van der Waals surface area contributed by atoms with E-state index in [-0.39, 0.29) is 4.90 Å². The van der Waals surface area contributed by atoms with Crippen molar-refractivity contribution in [2.75, 3.05) is 6.26 Å². The maximum atomic E-state index is 12.9. The van der Waals surface area contributed by atoms with Gasteiger partial charge in [-0.25, -0.2) is 4.39 Å². The number of alkyl halides is 3. The largest absolute Gasteiger partial charge is 0.419 e. The number of hydrogen-bond donors (Lipinski definition) is 0. The molecule has 0 amide bonds. The van der Waals surface area contributed by atoms with Gasteiger partial charge < -0.3 is 0 Å². The fraction of sp³-hybridized carbons (Fsp3) is 0.250. The molecule has 1 unspecified atom stereocenters. The van der Waals surface area contributed by atoms with Crippen molar-refractivity contribution in [1.29, 1.82) is 0 Å². The van der Waals surface area contributed by atoms with Crippen molar-refractivity contribution in [3.05, 3.63) is 29.6 Å². The molecular formula is C8H6F4OS. The van der Waals surface area contributed by atoms with Gasteiger partial charge in [0.25, 0.3) is 0 Å². The van der Waals surface area contributed by atoms with Crippen LogP contribution in [0.15, 0.2) is 23.1 Å². The molecule has 1 atom stereocenters. The van der Waals surface area contributed by atoms with Gasteiger partial charge in [0.2, 0.25) is 0 Å². The zero-order valence-electron chi connectivity index (χ0n) is 7.06. The van der Waals surface area contributed by atoms with Crippen LogP contribution in [0.1, 0.15) is 5.56 Å². The molecule has 1 rings (SSSR count). The highest BCUT2D eigenvalue weighted by atomic mass is 32.2. The monoisotopic (exact) mass is 226 g/mol. The minimum atomic E-state index is -4.71. The zero-order chi connectivity index (χ0) is 10.9. The predicted molar refractivity (Wildman–Crippen MR) is 43.7 cm³/mol. The average Bonchev–Trinajstić information content (AvgIpc) is 2.01. The van der Waals surface area contributed by atoms with Crippen molar-refractivity contribution in [2.24, 2.45) is 0 Å². The molecule has 0 aromatic heterocycles. The lowest BCUT2D eigenvalue weighted by atomic mass is 10.2. The van der Waals surface area contributed by atoms with Gasteiger partial charge in [-0.05, 0) is 18.2 Å². The molecule has 1 aromatic rings. The Labute approximate surface area is 80.2 Å². The molecule has 0 bridgehead atoms. The van der Waals surface area contributed by atoms with Crippen LogP contribution in [-0.4, -0.2) is 10.5 Å². The normalized spacial score (nSPS) is 14.1. The number of rotatable bonds is 1. The van der Waals surface area contributed by atoms with Gasteiger partial charge in [0.05, 0.1) is 5.56 Å². The van der Waals surface area contributed by atoms with Gasteiger partial charge in [-0.15, -0.1) is 0 Å². The summed E-state index contributed by atoms with van der Waals surface area (Å²) in [5.74, 6) is -1.40. The zero-order valence-corrected chi connectivity index (χ0v) is 7.88.